The van der Waals surface area contributed by atoms with Gasteiger partial charge < -0.3 is 16.9 Å². The normalized spacial score (nSPS) is 11.5. The molecule has 1 aromatic heterocycles. The molecule has 0 aliphatic carbocycles. The highest BCUT2D eigenvalue weighted by molar-refractivity contribution is 7.11. The highest BCUT2D eigenvalue weighted by atomic mass is 32.1. The Bertz CT molecular complexity index is 289. The van der Waals surface area contributed by atoms with Crippen LogP contribution in [0.1, 0.15) is 5.01 Å². The number of nitrogens with zero attached hydrogens (tertiary/aromatic N) is 1. The first-order valence-electron chi connectivity index (χ1n) is 2.91. The molecule has 4 nitrogen and oxygen atoms in total. The fourth-order valence-electron chi connectivity index (χ4n) is 0.600. The molecule has 0 saturated heterocycles. The summed E-state index contributed by atoms with van der Waals surface area (Å²) in [4.78, 5) is 3.95. The number of nitrogens with one attached hydrogen (secondary N) is 1. The van der Waals surface area contributed by atoms with Crippen molar-refractivity contribution in [1.29, 1.82) is 5.41 Å². The maximum absolute atomic E-state index is 6.96. The number of allylic oxidation sites excluding steroid dienone is 1. The summed E-state index contributed by atoms with van der Waals surface area (Å²) in [6.45, 7) is 0. The number of nitrogens with two attached hydrogens (primary N) is 2. The molecular formula is C6H8N4S. The van der Waals surface area contributed by atoms with Crippen molar-refractivity contribution in [1.82, 2.24) is 4.98 Å². The first-order valence-corrected chi connectivity index (χ1v) is 3.79. The smallest absolute Gasteiger partial charge is 0.135 e. The molecule has 0 fully saturated rings. The summed E-state index contributed by atoms with van der Waals surface area (Å²) in [5.74, 6) is 0.464. The molecule has 0 aromatic carbocycles. The van der Waals surface area contributed by atoms with Gasteiger partial charge in [-0.1, -0.05) is 0 Å². The predicted molar refractivity (Wildman–Crippen MR) is 47.5 cm³/mol. The predicted octanol–water partition coefficient (Wildman–Crippen LogP) is 0.674. The van der Waals surface area contributed by atoms with Crippen LogP contribution in [0.5, 0.6) is 0 Å². The fourth-order valence-corrected chi connectivity index (χ4v) is 1.31. The molecule has 0 aliphatic heterocycles. The number of aromatic nitrogens is 1. The fraction of sp³-hybridized carbons (Fsp3) is 0. The highest BCUT2D eigenvalue weighted by Crippen LogP contribution is 2.17. The van der Waals surface area contributed by atoms with Gasteiger partial charge in [0.1, 0.15) is 10.8 Å². The van der Waals surface area contributed by atoms with Gasteiger partial charge in [-0.15, -0.1) is 11.3 Å². The third kappa shape index (κ3) is 1.56. The SMILES string of the molecule is N=C/C(=C\N)c1nc(N)cs1. The van der Waals surface area contributed by atoms with Gasteiger partial charge in [0.25, 0.3) is 0 Å². The summed E-state index contributed by atoms with van der Waals surface area (Å²) in [5, 5.41) is 9.35. The Kier molecular flexibility index (Phi) is 2.22. The van der Waals surface area contributed by atoms with Crippen molar-refractivity contribution >= 4 is 28.9 Å². The van der Waals surface area contributed by atoms with E-state index >= 15 is 0 Å². The first kappa shape index (κ1) is 7.74. The van der Waals surface area contributed by atoms with Crippen LogP contribution in [0.15, 0.2) is 11.6 Å². The maximum Gasteiger partial charge on any atom is 0.135 e. The summed E-state index contributed by atoms with van der Waals surface area (Å²) < 4.78 is 0. The van der Waals surface area contributed by atoms with Gasteiger partial charge in [-0.25, -0.2) is 4.98 Å². The van der Waals surface area contributed by atoms with Crippen LogP contribution in [-0.2, 0) is 0 Å². The highest BCUT2D eigenvalue weighted by Gasteiger charge is 2.01. The number of thiazole rings is 1. The molecule has 5 N–H and O–H groups in total. The zero-order valence-corrected chi connectivity index (χ0v) is 6.56. The van der Waals surface area contributed by atoms with Crippen LogP contribution in [0.3, 0.4) is 0 Å². The molecule has 0 bridgehead atoms. The van der Waals surface area contributed by atoms with E-state index in [2.05, 4.69) is 4.98 Å². The summed E-state index contributed by atoms with van der Waals surface area (Å²) in [5.41, 5.74) is 11.2. The number of rotatable bonds is 2. The molecule has 0 amide bonds. The molecule has 0 radical (unpaired) electrons. The molecule has 58 valence electrons. The molecule has 0 aliphatic rings. The van der Waals surface area contributed by atoms with Gasteiger partial charge in [0, 0.05) is 23.4 Å². The van der Waals surface area contributed by atoms with Gasteiger partial charge in [0.05, 0.1) is 0 Å². The van der Waals surface area contributed by atoms with Gasteiger partial charge in [-0.3, -0.25) is 0 Å². The van der Waals surface area contributed by atoms with Gasteiger partial charge in [0.15, 0.2) is 0 Å². The minimum atomic E-state index is 0.464. The molecule has 1 rings (SSSR count). The van der Waals surface area contributed by atoms with E-state index in [4.69, 9.17) is 16.9 Å². The Labute approximate surface area is 68.1 Å². The quantitative estimate of drug-likeness (QED) is 0.567. The van der Waals surface area contributed by atoms with Crippen molar-refractivity contribution in [3.8, 4) is 0 Å². The lowest BCUT2D eigenvalue weighted by atomic mass is 10.3. The standard InChI is InChI=1S/C6H8N4S/c7-1-4(2-8)6-10-5(9)3-11-6/h1-3,7H,8-9H2/b4-2+,7-1?. The third-order valence-corrected chi connectivity index (χ3v) is 2.01. The van der Waals surface area contributed by atoms with Crippen molar-refractivity contribution in [2.45, 2.75) is 0 Å². The summed E-state index contributed by atoms with van der Waals surface area (Å²) >= 11 is 1.37. The van der Waals surface area contributed by atoms with Crippen LogP contribution in [-0.4, -0.2) is 11.2 Å². The minimum Gasteiger partial charge on any atom is -0.404 e. The first-order chi connectivity index (χ1) is 5.27. The van der Waals surface area contributed by atoms with Crippen molar-refractivity contribution in [3.63, 3.8) is 0 Å². The molecule has 1 heterocycles. The lowest BCUT2D eigenvalue weighted by Crippen LogP contribution is -1.90. The monoisotopic (exact) mass is 168 g/mol. The Balaban J connectivity index is 3.00. The lowest BCUT2D eigenvalue weighted by Gasteiger charge is -1.90. The largest absolute Gasteiger partial charge is 0.404 e. The zero-order chi connectivity index (χ0) is 8.27. The van der Waals surface area contributed by atoms with Crippen molar-refractivity contribution in [3.05, 3.63) is 16.6 Å². The Hall–Kier alpha value is -1.36. The second-order valence-corrected chi connectivity index (χ2v) is 2.70. The Morgan fingerprint density at radius 3 is 2.82 bits per heavy atom. The van der Waals surface area contributed by atoms with Crippen LogP contribution in [0.4, 0.5) is 5.82 Å². The zero-order valence-electron chi connectivity index (χ0n) is 5.74. The van der Waals surface area contributed by atoms with Crippen LogP contribution in [0.2, 0.25) is 0 Å². The van der Waals surface area contributed by atoms with E-state index in [9.17, 15) is 0 Å². The Morgan fingerprint density at radius 2 is 2.45 bits per heavy atom. The van der Waals surface area contributed by atoms with Gasteiger partial charge in [-0.05, 0) is 0 Å². The second-order valence-electron chi connectivity index (χ2n) is 1.84. The lowest BCUT2D eigenvalue weighted by molar-refractivity contribution is 1.38. The van der Waals surface area contributed by atoms with Crippen LogP contribution in [0, 0.1) is 5.41 Å². The van der Waals surface area contributed by atoms with Crippen molar-refractivity contribution in [2.75, 3.05) is 5.73 Å². The van der Waals surface area contributed by atoms with E-state index in [1.54, 1.807) is 5.38 Å². The van der Waals surface area contributed by atoms with E-state index < -0.39 is 0 Å². The van der Waals surface area contributed by atoms with E-state index in [-0.39, 0.29) is 0 Å². The molecule has 0 atom stereocenters. The molecular weight excluding hydrogens is 160 g/mol. The van der Waals surface area contributed by atoms with Crippen LogP contribution in [0.25, 0.3) is 5.57 Å². The molecule has 0 unspecified atom stereocenters. The maximum atomic E-state index is 6.96. The molecule has 11 heavy (non-hydrogen) atoms. The molecule has 5 heteroatoms. The minimum absolute atomic E-state index is 0.464. The van der Waals surface area contributed by atoms with Crippen LogP contribution < -0.4 is 11.5 Å². The van der Waals surface area contributed by atoms with Crippen LogP contribution >= 0.6 is 11.3 Å². The van der Waals surface area contributed by atoms with E-state index in [0.29, 0.717) is 16.4 Å². The summed E-state index contributed by atoms with van der Waals surface area (Å²) in [6, 6.07) is 0. The second kappa shape index (κ2) is 3.16. The van der Waals surface area contributed by atoms with E-state index in [0.717, 1.165) is 6.21 Å². The molecule has 0 spiro atoms. The van der Waals surface area contributed by atoms with Gasteiger partial charge >= 0.3 is 0 Å². The molecule has 1 aromatic rings. The number of nitrogen functional groups attached to an aromatic ring is 1. The number of hydrogen-bond donors (Lipinski definition) is 3. The Morgan fingerprint density at radius 1 is 1.73 bits per heavy atom. The number of hydrogen-bond acceptors (Lipinski definition) is 5. The van der Waals surface area contributed by atoms with E-state index in [1.165, 1.54) is 17.5 Å². The number of anilines is 1. The average Bonchev–Trinajstić information content (AvgIpc) is 2.39. The summed E-state index contributed by atoms with van der Waals surface area (Å²) in [7, 11) is 0. The molecule has 0 saturated carbocycles. The van der Waals surface area contributed by atoms with Crippen molar-refractivity contribution < 1.29 is 0 Å². The third-order valence-electron chi connectivity index (χ3n) is 1.10. The van der Waals surface area contributed by atoms with Gasteiger partial charge in [0.2, 0.25) is 0 Å². The van der Waals surface area contributed by atoms with Crippen molar-refractivity contribution in [2.24, 2.45) is 5.73 Å². The van der Waals surface area contributed by atoms with Gasteiger partial charge in [-0.2, -0.15) is 0 Å². The summed E-state index contributed by atoms with van der Waals surface area (Å²) in [6.07, 6.45) is 2.49. The average molecular weight is 168 g/mol. The van der Waals surface area contributed by atoms with E-state index in [1.807, 2.05) is 0 Å². The topological polar surface area (TPSA) is 88.8 Å².